The van der Waals surface area contributed by atoms with Crippen molar-refractivity contribution >= 4 is 17.5 Å². The van der Waals surface area contributed by atoms with E-state index >= 15 is 0 Å². The molecule has 34 heavy (non-hydrogen) atoms. The van der Waals surface area contributed by atoms with E-state index in [-0.39, 0.29) is 23.3 Å². The summed E-state index contributed by atoms with van der Waals surface area (Å²) in [4.78, 5) is 40.6. The number of Topliss-reactive ketones (excluding diaryl/α,β-unsaturated/α-hetero) is 2. The number of primary amides is 1. The predicted molar refractivity (Wildman–Crippen MR) is 122 cm³/mol. The van der Waals surface area contributed by atoms with Crippen LogP contribution in [0.3, 0.4) is 0 Å². The van der Waals surface area contributed by atoms with E-state index in [9.17, 15) is 34.8 Å². The van der Waals surface area contributed by atoms with Gasteiger partial charge in [-0.25, -0.2) is 0 Å². The zero-order chi connectivity index (χ0) is 25.5. The second kappa shape index (κ2) is 7.63. The first-order valence-electron chi connectivity index (χ1n) is 11.4. The molecule has 0 saturated heterocycles. The van der Waals surface area contributed by atoms with E-state index in [2.05, 4.69) is 0 Å². The Morgan fingerprint density at radius 1 is 1.18 bits per heavy atom. The molecule has 0 aliphatic heterocycles. The van der Waals surface area contributed by atoms with E-state index in [1.807, 2.05) is 20.8 Å². The Bertz CT molecular complexity index is 1130. The molecule has 6 atom stereocenters. The summed E-state index contributed by atoms with van der Waals surface area (Å²) in [5.74, 6) is -7.18. The van der Waals surface area contributed by atoms with Crippen molar-refractivity contribution in [2.45, 2.75) is 56.8 Å². The molecule has 1 fully saturated rings. The van der Waals surface area contributed by atoms with Crippen molar-refractivity contribution in [3.05, 3.63) is 40.2 Å². The SMILES string of the molecule is CN(C)[C@@H]1C(O)C(C(N)=O)C(=O)[C@@]2(O)C(O)=C3C(=O)c4c(ccc(C(C)(C)C)c4O)C[C@H]3C[C@@H]12. The first-order valence-corrected chi connectivity index (χ1v) is 11.4. The van der Waals surface area contributed by atoms with Crippen LogP contribution in [0.1, 0.15) is 48.7 Å². The molecule has 0 heterocycles. The van der Waals surface area contributed by atoms with Gasteiger partial charge in [-0.05, 0) is 43.8 Å². The fourth-order valence-electron chi connectivity index (χ4n) is 6.19. The Morgan fingerprint density at radius 3 is 2.32 bits per heavy atom. The molecule has 4 rings (SSSR count). The smallest absolute Gasteiger partial charge is 0.230 e. The van der Waals surface area contributed by atoms with Crippen molar-refractivity contribution < 1.29 is 34.8 Å². The van der Waals surface area contributed by atoms with Gasteiger partial charge in [0.1, 0.15) is 17.4 Å². The van der Waals surface area contributed by atoms with Crippen LogP contribution in [0.2, 0.25) is 0 Å². The Labute approximate surface area is 197 Å². The molecule has 0 aromatic heterocycles. The summed E-state index contributed by atoms with van der Waals surface area (Å²) in [6.07, 6.45) is -1.07. The minimum atomic E-state index is -2.57. The summed E-state index contributed by atoms with van der Waals surface area (Å²) in [6, 6.07) is 2.69. The molecule has 1 amide bonds. The Balaban J connectivity index is 1.93. The highest BCUT2D eigenvalue weighted by atomic mass is 16.3. The van der Waals surface area contributed by atoms with Gasteiger partial charge in [-0.15, -0.1) is 0 Å². The maximum atomic E-state index is 13.6. The summed E-state index contributed by atoms with van der Waals surface area (Å²) in [5, 5.41) is 44.7. The molecular formula is C25H32N2O7. The third kappa shape index (κ3) is 3.14. The lowest BCUT2D eigenvalue weighted by Gasteiger charge is -2.53. The average Bonchev–Trinajstić information content (AvgIpc) is 2.69. The summed E-state index contributed by atoms with van der Waals surface area (Å²) in [6.45, 7) is 5.69. The first-order chi connectivity index (χ1) is 15.6. The van der Waals surface area contributed by atoms with Gasteiger partial charge in [0, 0.05) is 23.1 Å². The number of fused-ring (bicyclic) bond motifs is 3. The molecule has 1 aromatic carbocycles. The minimum absolute atomic E-state index is 0.0474. The quantitative estimate of drug-likeness (QED) is 0.391. The molecule has 0 radical (unpaired) electrons. The van der Waals surface area contributed by atoms with Crippen molar-refractivity contribution in [3.8, 4) is 5.75 Å². The fraction of sp³-hybridized carbons (Fsp3) is 0.560. The molecule has 0 bridgehead atoms. The number of aromatic hydroxyl groups is 1. The lowest BCUT2D eigenvalue weighted by molar-refractivity contribution is -0.178. The van der Waals surface area contributed by atoms with E-state index < -0.39 is 64.1 Å². The van der Waals surface area contributed by atoms with Crippen LogP contribution in [0.4, 0.5) is 0 Å². The number of carbonyl (C=O) groups is 3. The molecular weight excluding hydrogens is 440 g/mol. The van der Waals surface area contributed by atoms with Gasteiger partial charge in [-0.2, -0.15) is 0 Å². The lowest BCUT2D eigenvalue weighted by Crippen LogP contribution is -2.71. The van der Waals surface area contributed by atoms with Gasteiger partial charge in [-0.3, -0.25) is 14.4 Å². The summed E-state index contributed by atoms with van der Waals surface area (Å²) in [7, 11) is 3.26. The monoisotopic (exact) mass is 472 g/mol. The second-order valence-electron chi connectivity index (χ2n) is 11.0. The van der Waals surface area contributed by atoms with Crippen LogP contribution < -0.4 is 5.73 Å². The molecule has 9 nitrogen and oxygen atoms in total. The third-order valence-electron chi connectivity index (χ3n) is 7.77. The minimum Gasteiger partial charge on any atom is -0.508 e. The summed E-state index contributed by atoms with van der Waals surface area (Å²) >= 11 is 0. The maximum absolute atomic E-state index is 13.6. The summed E-state index contributed by atoms with van der Waals surface area (Å²) < 4.78 is 0. The van der Waals surface area contributed by atoms with E-state index in [0.29, 0.717) is 17.5 Å². The third-order valence-corrected chi connectivity index (χ3v) is 7.77. The average molecular weight is 473 g/mol. The number of nitrogens with two attached hydrogens (primary N) is 1. The predicted octanol–water partition coefficient (Wildman–Crippen LogP) is 0.583. The first kappa shape index (κ1) is 24.4. The number of benzene rings is 1. The van der Waals surface area contributed by atoms with E-state index in [1.165, 1.54) is 0 Å². The second-order valence-corrected chi connectivity index (χ2v) is 11.0. The van der Waals surface area contributed by atoms with Crippen LogP contribution in [-0.2, 0) is 21.4 Å². The van der Waals surface area contributed by atoms with Gasteiger partial charge < -0.3 is 31.1 Å². The van der Waals surface area contributed by atoms with Crippen molar-refractivity contribution in [1.82, 2.24) is 4.90 Å². The highest BCUT2D eigenvalue weighted by Crippen LogP contribution is 2.53. The molecule has 6 N–H and O–H groups in total. The van der Waals surface area contributed by atoms with Crippen LogP contribution in [0.15, 0.2) is 23.5 Å². The number of nitrogens with zero attached hydrogens (tertiary/aromatic N) is 1. The topological polar surface area (TPSA) is 161 Å². The largest absolute Gasteiger partial charge is 0.508 e. The van der Waals surface area contributed by atoms with Gasteiger partial charge in [0.2, 0.25) is 5.91 Å². The van der Waals surface area contributed by atoms with Crippen LogP contribution in [0.5, 0.6) is 5.75 Å². The van der Waals surface area contributed by atoms with Crippen molar-refractivity contribution in [3.63, 3.8) is 0 Å². The highest BCUT2D eigenvalue weighted by molar-refractivity contribution is 6.15. The number of aliphatic hydroxyl groups excluding tert-OH is 2. The maximum Gasteiger partial charge on any atom is 0.230 e. The number of amides is 1. The number of phenolic OH excluding ortho intramolecular Hbond substituents is 1. The van der Waals surface area contributed by atoms with Crippen molar-refractivity contribution in [2.24, 2.45) is 23.5 Å². The van der Waals surface area contributed by atoms with Gasteiger partial charge in [0.15, 0.2) is 17.2 Å². The number of phenols is 1. The number of aliphatic hydroxyl groups is 3. The van der Waals surface area contributed by atoms with Crippen LogP contribution in [0, 0.1) is 17.8 Å². The number of rotatable bonds is 2. The van der Waals surface area contributed by atoms with Crippen LogP contribution in [-0.4, -0.2) is 74.6 Å². The van der Waals surface area contributed by atoms with Crippen LogP contribution in [0.25, 0.3) is 0 Å². The number of carbonyl (C=O) groups excluding carboxylic acids is 3. The lowest BCUT2D eigenvalue weighted by atomic mass is 9.56. The number of likely N-dealkylation sites (N-methyl/N-ethyl adjacent to an activating group) is 1. The normalized spacial score (nSPS) is 33.5. The van der Waals surface area contributed by atoms with Gasteiger partial charge >= 0.3 is 0 Å². The highest BCUT2D eigenvalue weighted by Gasteiger charge is 2.66. The van der Waals surface area contributed by atoms with Gasteiger partial charge in [0.25, 0.3) is 0 Å². The van der Waals surface area contributed by atoms with Crippen molar-refractivity contribution in [2.75, 3.05) is 14.1 Å². The molecule has 1 saturated carbocycles. The van der Waals surface area contributed by atoms with Crippen molar-refractivity contribution in [1.29, 1.82) is 0 Å². The summed E-state index contributed by atoms with van der Waals surface area (Å²) in [5.41, 5.74) is 3.45. The molecule has 9 heteroatoms. The molecule has 0 spiro atoms. The Morgan fingerprint density at radius 2 is 1.79 bits per heavy atom. The fourth-order valence-corrected chi connectivity index (χ4v) is 6.19. The number of hydrogen-bond donors (Lipinski definition) is 5. The number of allylic oxidation sites excluding steroid dienone is 1. The molecule has 3 aliphatic carbocycles. The zero-order valence-electron chi connectivity index (χ0n) is 20.0. The standard InChI is InChI=1S/C25H32N2O7/c1-24(2,3)12-7-6-10-8-11-9-13-17(27(4)5)20(30)16(23(26)33)22(32)25(13,34)21(31)15(11)19(29)14(10)18(12)28/h6-7,11,13,16-17,20,28,30-31,34H,8-9H2,1-5H3,(H2,26,33)/t11-,13-,16?,17-,20?,25-/m0/s1. The van der Waals surface area contributed by atoms with E-state index in [1.54, 1.807) is 31.1 Å². The number of hydrogen-bond acceptors (Lipinski definition) is 8. The van der Waals surface area contributed by atoms with E-state index in [0.717, 1.165) is 0 Å². The molecule has 184 valence electrons. The zero-order valence-corrected chi connectivity index (χ0v) is 20.0. The van der Waals surface area contributed by atoms with Gasteiger partial charge in [0.05, 0.1) is 11.7 Å². The molecule has 3 aliphatic rings. The molecule has 2 unspecified atom stereocenters. The molecule has 1 aromatic rings. The van der Waals surface area contributed by atoms with Gasteiger partial charge in [-0.1, -0.05) is 32.9 Å². The number of ketones is 2. The Hall–Kier alpha value is -2.75. The van der Waals surface area contributed by atoms with Crippen LogP contribution >= 0.6 is 0 Å². The Kier molecular flexibility index (Phi) is 5.47. The van der Waals surface area contributed by atoms with E-state index in [4.69, 9.17) is 5.73 Å².